The van der Waals surface area contributed by atoms with Crippen LogP contribution in [0.4, 0.5) is 5.69 Å². The quantitative estimate of drug-likeness (QED) is 0.839. The SMILES string of the molecule is CNC(=O)Cn1cc(NC2CCSCC2)cn1. The van der Waals surface area contributed by atoms with Gasteiger partial charge in [-0.05, 0) is 24.3 Å². The van der Waals surface area contributed by atoms with Crippen LogP contribution in [-0.2, 0) is 11.3 Å². The molecule has 1 aromatic heterocycles. The number of aromatic nitrogens is 2. The Morgan fingerprint density at radius 3 is 3.06 bits per heavy atom. The van der Waals surface area contributed by atoms with Gasteiger partial charge in [0.05, 0.1) is 11.9 Å². The molecule has 0 atom stereocenters. The van der Waals surface area contributed by atoms with Gasteiger partial charge in [0.15, 0.2) is 0 Å². The first-order valence-corrected chi connectivity index (χ1v) is 7.00. The number of nitrogens with one attached hydrogen (secondary N) is 2. The predicted octanol–water partition coefficient (Wildman–Crippen LogP) is 0.937. The van der Waals surface area contributed by atoms with Gasteiger partial charge in [-0.1, -0.05) is 0 Å². The Morgan fingerprint density at radius 2 is 2.35 bits per heavy atom. The van der Waals surface area contributed by atoms with Crippen LogP contribution in [0.3, 0.4) is 0 Å². The van der Waals surface area contributed by atoms with Crippen molar-refractivity contribution < 1.29 is 4.79 Å². The molecule has 1 saturated heterocycles. The van der Waals surface area contributed by atoms with Crippen LogP contribution in [0.2, 0.25) is 0 Å². The van der Waals surface area contributed by atoms with Crippen molar-refractivity contribution in [3.63, 3.8) is 0 Å². The highest BCUT2D eigenvalue weighted by Gasteiger charge is 2.14. The van der Waals surface area contributed by atoms with E-state index in [1.807, 2.05) is 18.0 Å². The maximum atomic E-state index is 11.2. The summed E-state index contributed by atoms with van der Waals surface area (Å²) in [7, 11) is 1.63. The van der Waals surface area contributed by atoms with E-state index in [0.717, 1.165) is 5.69 Å². The molecule has 0 radical (unpaired) electrons. The number of hydrogen-bond donors (Lipinski definition) is 2. The van der Waals surface area contributed by atoms with Crippen molar-refractivity contribution in [1.29, 1.82) is 0 Å². The van der Waals surface area contributed by atoms with Crippen molar-refractivity contribution in [2.24, 2.45) is 0 Å². The van der Waals surface area contributed by atoms with Gasteiger partial charge in [0.2, 0.25) is 5.91 Å². The Hall–Kier alpha value is -1.17. The Labute approximate surface area is 105 Å². The van der Waals surface area contributed by atoms with Crippen LogP contribution in [0.1, 0.15) is 12.8 Å². The maximum absolute atomic E-state index is 11.2. The van der Waals surface area contributed by atoms with Crippen LogP contribution in [-0.4, -0.2) is 40.3 Å². The average Bonchev–Trinajstić information content (AvgIpc) is 2.77. The number of anilines is 1. The smallest absolute Gasteiger partial charge is 0.241 e. The lowest BCUT2D eigenvalue weighted by Crippen LogP contribution is -2.24. The largest absolute Gasteiger partial charge is 0.380 e. The average molecular weight is 254 g/mol. The fourth-order valence-electron chi connectivity index (χ4n) is 1.83. The van der Waals surface area contributed by atoms with E-state index in [2.05, 4.69) is 15.7 Å². The standard InChI is InChI=1S/C11H18N4OS/c1-12-11(16)8-15-7-10(6-13-15)14-9-2-4-17-5-3-9/h6-7,9,14H,2-5,8H2,1H3,(H,12,16). The van der Waals surface area contributed by atoms with Crippen molar-refractivity contribution in [3.8, 4) is 0 Å². The zero-order chi connectivity index (χ0) is 12.1. The minimum absolute atomic E-state index is 0.0336. The zero-order valence-electron chi connectivity index (χ0n) is 9.98. The van der Waals surface area contributed by atoms with E-state index in [1.165, 1.54) is 24.3 Å². The summed E-state index contributed by atoms with van der Waals surface area (Å²) in [5.41, 5.74) is 1.01. The monoisotopic (exact) mass is 254 g/mol. The summed E-state index contributed by atoms with van der Waals surface area (Å²) in [6, 6.07) is 0.550. The molecule has 2 rings (SSSR count). The number of carbonyl (C=O) groups excluding carboxylic acids is 1. The van der Waals surface area contributed by atoms with Crippen LogP contribution in [0.5, 0.6) is 0 Å². The van der Waals surface area contributed by atoms with Gasteiger partial charge in [-0.3, -0.25) is 9.48 Å². The van der Waals surface area contributed by atoms with E-state index in [9.17, 15) is 4.79 Å². The molecule has 1 fully saturated rings. The minimum atomic E-state index is -0.0336. The summed E-state index contributed by atoms with van der Waals surface area (Å²) in [5.74, 6) is 2.42. The van der Waals surface area contributed by atoms with E-state index >= 15 is 0 Å². The molecule has 6 heteroatoms. The van der Waals surface area contributed by atoms with Crippen LogP contribution in [0.25, 0.3) is 0 Å². The third kappa shape index (κ3) is 3.66. The number of likely N-dealkylation sites (N-methyl/N-ethyl adjacent to an activating group) is 1. The molecule has 1 amide bonds. The van der Waals surface area contributed by atoms with Crippen molar-refractivity contribution in [1.82, 2.24) is 15.1 Å². The first kappa shape index (κ1) is 12.3. The highest BCUT2D eigenvalue weighted by molar-refractivity contribution is 7.99. The molecule has 94 valence electrons. The summed E-state index contributed by atoms with van der Waals surface area (Å²) in [5, 5.41) is 10.2. The number of amides is 1. The minimum Gasteiger partial charge on any atom is -0.380 e. The lowest BCUT2D eigenvalue weighted by atomic mass is 10.1. The molecule has 1 aliphatic rings. The first-order chi connectivity index (χ1) is 8.28. The fraction of sp³-hybridized carbons (Fsp3) is 0.636. The number of nitrogens with zero attached hydrogens (tertiary/aromatic N) is 2. The third-order valence-electron chi connectivity index (χ3n) is 2.81. The highest BCUT2D eigenvalue weighted by atomic mass is 32.2. The molecule has 0 spiro atoms. The van der Waals surface area contributed by atoms with Gasteiger partial charge in [-0.25, -0.2) is 0 Å². The number of thioether (sulfide) groups is 1. The molecular formula is C11H18N4OS. The first-order valence-electron chi connectivity index (χ1n) is 5.85. The molecule has 2 N–H and O–H groups in total. The number of carbonyl (C=O) groups is 1. The summed E-state index contributed by atoms with van der Waals surface area (Å²) in [6.07, 6.45) is 6.07. The molecule has 1 aromatic rings. The van der Waals surface area contributed by atoms with E-state index < -0.39 is 0 Å². The van der Waals surface area contributed by atoms with Gasteiger partial charge in [-0.15, -0.1) is 0 Å². The van der Waals surface area contributed by atoms with Gasteiger partial charge in [0, 0.05) is 19.3 Å². The highest BCUT2D eigenvalue weighted by Crippen LogP contribution is 2.20. The van der Waals surface area contributed by atoms with E-state index in [0.29, 0.717) is 6.04 Å². The van der Waals surface area contributed by atoms with Crippen molar-refractivity contribution in [3.05, 3.63) is 12.4 Å². The van der Waals surface area contributed by atoms with Gasteiger partial charge >= 0.3 is 0 Å². The summed E-state index contributed by atoms with van der Waals surface area (Å²) in [4.78, 5) is 11.2. The van der Waals surface area contributed by atoms with Gasteiger partial charge in [-0.2, -0.15) is 16.9 Å². The van der Waals surface area contributed by atoms with Crippen LogP contribution >= 0.6 is 11.8 Å². The lowest BCUT2D eigenvalue weighted by molar-refractivity contribution is -0.121. The van der Waals surface area contributed by atoms with Crippen LogP contribution in [0, 0.1) is 0 Å². The molecule has 0 bridgehead atoms. The summed E-state index contributed by atoms with van der Waals surface area (Å²) in [6.45, 7) is 0.276. The Kier molecular flexibility index (Phi) is 4.30. The fourth-order valence-corrected chi connectivity index (χ4v) is 2.93. The topological polar surface area (TPSA) is 59.0 Å². The maximum Gasteiger partial charge on any atom is 0.241 e. The van der Waals surface area contributed by atoms with Crippen molar-refractivity contribution >= 4 is 23.4 Å². The number of hydrogen-bond acceptors (Lipinski definition) is 4. The summed E-state index contributed by atoms with van der Waals surface area (Å²) < 4.78 is 1.65. The van der Waals surface area contributed by atoms with Gasteiger partial charge < -0.3 is 10.6 Å². The second-order valence-corrected chi connectivity index (χ2v) is 5.36. The van der Waals surface area contributed by atoms with E-state index in [1.54, 1.807) is 17.9 Å². The second kappa shape index (κ2) is 5.95. The molecule has 17 heavy (non-hydrogen) atoms. The van der Waals surface area contributed by atoms with Crippen molar-refractivity contribution in [2.75, 3.05) is 23.9 Å². The summed E-state index contributed by atoms with van der Waals surface area (Å²) >= 11 is 2.01. The normalized spacial score (nSPS) is 16.8. The Balaban J connectivity index is 1.86. The second-order valence-electron chi connectivity index (χ2n) is 4.13. The molecule has 0 saturated carbocycles. The third-order valence-corrected chi connectivity index (χ3v) is 3.86. The van der Waals surface area contributed by atoms with Crippen molar-refractivity contribution in [2.45, 2.75) is 25.4 Å². The molecule has 0 aliphatic carbocycles. The van der Waals surface area contributed by atoms with Crippen LogP contribution < -0.4 is 10.6 Å². The zero-order valence-corrected chi connectivity index (χ0v) is 10.8. The van der Waals surface area contributed by atoms with E-state index in [4.69, 9.17) is 0 Å². The number of rotatable bonds is 4. The molecule has 0 unspecified atom stereocenters. The Bertz CT molecular complexity index is 373. The predicted molar refractivity (Wildman–Crippen MR) is 70.3 cm³/mol. The van der Waals surface area contributed by atoms with Gasteiger partial charge in [0.25, 0.3) is 0 Å². The molecule has 5 nitrogen and oxygen atoms in total. The molecule has 2 heterocycles. The lowest BCUT2D eigenvalue weighted by Gasteiger charge is -2.22. The van der Waals surface area contributed by atoms with E-state index in [-0.39, 0.29) is 12.5 Å². The molecule has 1 aliphatic heterocycles. The Morgan fingerprint density at radius 1 is 1.59 bits per heavy atom. The molecular weight excluding hydrogens is 236 g/mol. The van der Waals surface area contributed by atoms with Gasteiger partial charge in [0.1, 0.15) is 6.54 Å². The van der Waals surface area contributed by atoms with Crippen LogP contribution in [0.15, 0.2) is 12.4 Å². The molecule has 0 aromatic carbocycles.